The number of benzene rings is 1. The molecule has 0 fully saturated rings. The fraction of sp³-hybridized carbons (Fsp3) is 0.312. The number of sulfone groups is 1. The Kier molecular flexibility index (Phi) is 3.13. The summed E-state index contributed by atoms with van der Waals surface area (Å²) in [6, 6.07) is 8.47. The summed E-state index contributed by atoms with van der Waals surface area (Å²) in [7, 11) is -3.49. The van der Waals surface area contributed by atoms with E-state index in [0.717, 1.165) is 24.0 Å². The van der Waals surface area contributed by atoms with E-state index in [0.29, 0.717) is 16.2 Å². The van der Waals surface area contributed by atoms with Crippen molar-refractivity contribution in [1.82, 2.24) is 0 Å². The molecule has 0 bridgehead atoms. The molecule has 0 saturated carbocycles. The molecule has 0 heterocycles. The standard InChI is InChI=1S/C16H16O3S/c1-11-14(17)10-12-6-5-9-15(16(11)12)20(18,19)13-7-3-2-4-8-13/h2-4,7-8,10-11H,5-6,9H2,1H3. The zero-order chi connectivity index (χ0) is 14.3. The van der Waals surface area contributed by atoms with Gasteiger partial charge in [0.1, 0.15) is 0 Å². The van der Waals surface area contributed by atoms with Crippen LogP contribution in [-0.2, 0) is 14.6 Å². The fourth-order valence-corrected chi connectivity index (χ4v) is 4.83. The third-order valence-corrected chi connectivity index (χ3v) is 6.02. The van der Waals surface area contributed by atoms with Crippen LogP contribution in [0.25, 0.3) is 0 Å². The van der Waals surface area contributed by atoms with Crippen LogP contribution in [0.4, 0.5) is 0 Å². The Labute approximate surface area is 118 Å². The number of fused-ring (bicyclic) bond motifs is 1. The summed E-state index contributed by atoms with van der Waals surface area (Å²) in [5.74, 6) is -0.295. The van der Waals surface area contributed by atoms with Crippen LogP contribution >= 0.6 is 0 Å². The van der Waals surface area contributed by atoms with Crippen LogP contribution in [0.5, 0.6) is 0 Å². The van der Waals surface area contributed by atoms with Crippen molar-refractivity contribution in [2.75, 3.05) is 0 Å². The van der Waals surface area contributed by atoms with Crippen LogP contribution in [-0.4, -0.2) is 14.2 Å². The van der Waals surface area contributed by atoms with Crippen molar-refractivity contribution in [3.8, 4) is 0 Å². The lowest BCUT2D eigenvalue weighted by molar-refractivity contribution is -0.116. The van der Waals surface area contributed by atoms with Gasteiger partial charge in [-0.1, -0.05) is 25.1 Å². The highest BCUT2D eigenvalue weighted by Gasteiger charge is 2.36. The second-order valence-electron chi connectivity index (χ2n) is 5.30. The molecule has 2 aliphatic rings. The Morgan fingerprint density at radius 2 is 1.80 bits per heavy atom. The summed E-state index contributed by atoms with van der Waals surface area (Å²) < 4.78 is 25.6. The minimum Gasteiger partial charge on any atom is -0.294 e. The molecule has 1 aromatic rings. The van der Waals surface area contributed by atoms with Crippen LogP contribution in [0.15, 0.2) is 57.4 Å². The Morgan fingerprint density at radius 3 is 2.50 bits per heavy atom. The fourth-order valence-electron chi connectivity index (χ4n) is 3.02. The molecule has 0 radical (unpaired) electrons. The number of carbonyl (C=O) groups is 1. The van der Waals surface area contributed by atoms with Crippen LogP contribution in [0, 0.1) is 5.92 Å². The van der Waals surface area contributed by atoms with E-state index in [1.165, 1.54) is 0 Å². The number of hydrogen-bond acceptors (Lipinski definition) is 3. The number of ketones is 1. The molecule has 0 spiro atoms. The van der Waals surface area contributed by atoms with Gasteiger partial charge in [-0.25, -0.2) is 8.42 Å². The van der Waals surface area contributed by atoms with Crippen molar-refractivity contribution < 1.29 is 13.2 Å². The van der Waals surface area contributed by atoms with E-state index in [2.05, 4.69) is 0 Å². The summed E-state index contributed by atoms with van der Waals surface area (Å²) in [6.45, 7) is 1.80. The molecular weight excluding hydrogens is 272 g/mol. The molecule has 20 heavy (non-hydrogen) atoms. The Hall–Kier alpha value is -1.68. The molecule has 4 heteroatoms. The lowest BCUT2D eigenvalue weighted by Crippen LogP contribution is -2.16. The highest BCUT2D eigenvalue weighted by Crippen LogP contribution is 2.42. The van der Waals surface area contributed by atoms with Crippen molar-refractivity contribution in [1.29, 1.82) is 0 Å². The second kappa shape index (κ2) is 4.70. The lowest BCUT2D eigenvalue weighted by Gasteiger charge is -2.22. The smallest absolute Gasteiger partial charge is 0.203 e. The average molecular weight is 288 g/mol. The molecule has 0 aliphatic heterocycles. The van der Waals surface area contributed by atoms with Crippen LogP contribution < -0.4 is 0 Å². The summed E-state index contributed by atoms with van der Waals surface area (Å²) in [6.07, 6.45) is 3.75. The van der Waals surface area contributed by atoms with Crippen molar-refractivity contribution in [3.63, 3.8) is 0 Å². The van der Waals surface area contributed by atoms with E-state index < -0.39 is 9.84 Å². The predicted octanol–water partition coefficient (Wildman–Crippen LogP) is 3.04. The summed E-state index contributed by atoms with van der Waals surface area (Å²) in [5.41, 5.74) is 1.67. The molecular formula is C16H16O3S. The normalized spacial score (nSPS) is 22.8. The van der Waals surface area contributed by atoms with Gasteiger partial charge in [0, 0.05) is 5.92 Å². The molecule has 1 atom stereocenters. The third-order valence-electron chi connectivity index (χ3n) is 4.05. The quantitative estimate of drug-likeness (QED) is 0.840. The SMILES string of the molecule is CC1C(=O)C=C2CCCC(S(=O)(=O)c3ccccc3)=C21. The van der Waals surface area contributed by atoms with Crippen molar-refractivity contribution in [3.05, 3.63) is 52.5 Å². The Bertz CT molecular complexity index is 724. The monoisotopic (exact) mass is 288 g/mol. The van der Waals surface area contributed by atoms with Gasteiger partial charge in [-0.2, -0.15) is 0 Å². The van der Waals surface area contributed by atoms with Gasteiger partial charge in [0.25, 0.3) is 0 Å². The maximum Gasteiger partial charge on any atom is 0.203 e. The molecule has 2 aliphatic carbocycles. The van der Waals surface area contributed by atoms with E-state index in [9.17, 15) is 13.2 Å². The molecule has 0 amide bonds. The molecule has 0 aromatic heterocycles. The van der Waals surface area contributed by atoms with E-state index in [1.807, 2.05) is 0 Å². The molecule has 104 valence electrons. The van der Waals surface area contributed by atoms with Crippen molar-refractivity contribution in [2.45, 2.75) is 31.1 Å². The minimum atomic E-state index is -3.49. The van der Waals surface area contributed by atoms with E-state index in [4.69, 9.17) is 0 Å². The van der Waals surface area contributed by atoms with Gasteiger partial charge >= 0.3 is 0 Å². The van der Waals surface area contributed by atoms with E-state index >= 15 is 0 Å². The van der Waals surface area contributed by atoms with Gasteiger partial charge in [-0.05, 0) is 48.6 Å². The van der Waals surface area contributed by atoms with Gasteiger partial charge in [0.2, 0.25) is 9.84 Å². The first-order valence-electron chi connectivity index (χ1n) is 6.80. The second-order valence-corrected chi connectivity index (χ2v) is 7.27. The maximum atomic E-state index is 12.8. The molecule has 1 unspecified atom stereocenters. The molecule has 1 aromatic carbocycles. The summed E-state index contributed by atoms with van der Waals surface area (Å²) in [5, 5.41) is 0. The number of hydrogen-bond donors (Lipinski definition) is 0. The van der Waals surface area contributed by atoms with Crippen molar-refractivity contribution in [2.24, 2.45) is 5.92 Å². The topological polar surface area (TPSA) is 51.2 Å². The Balaban J connectivity index is 2.19. The number of rotatable bonds is 2. The van der Waals surface area contributed by atoms with E-state index in [1.54, 1.807) is 43.3 Å². The minimum absolute atomic E-state index is 0.0256. The summed E-state index contributed by atoms with van der Waals surface area (Å²) in [4.78, 5) is 12.6. The van der Waals surface area contributed by atoms with Gasteiger partial charge in [-0.3, -0.25) is 4.79 Å². The molecule has 3 nitrogen and oxygen atoms in total. The first kappa shape index (κ1) is 13.3. The molecule has 0 saturated heterocycles. The van der Waals surface area contributed by atoms with Crippen LogP contribution in [0.2, 0.25) is 0 Å². The third kappa shape index (κ3) is 1.95. The number of allylic oxidation sites excluding steroid dienone is 4. The van der Waals surface area contributed by atoms with Crippen molar-refractivity contribution >= 4 is 15.6 Å². The average Bonchev–Trinajstić information content (AvgIpc) is 2.75. The largest absolute Gasteiger partial charge is 0.294 e. The van der Waals surface area contributed by atoms with Crippen LogP contribution in [0.1, 0.15) is 26.2 Å². The highest BCUT2D eigenvalue weighted by atomic mass is 32.2. The van der Waals surface area contributed by atoms with Gasteiger partial charge in [0.05, 0.1) is 9.80 Å². The van der Waals surface area contributed by atoms with Gasteiger partial charge < -0.3 is 0 Å². The molecule has 3 rings (SSSR count). The van der Waals surface area contributed by atoms with E-state index in [-0.39, 0.29) is 11.7 Å². The first-order chi connectivity index (χ1) is 9.51. The zero-order valence-corrected chi connectivity index (χ0v) is 12.1. The van der Waals surface area contributed by atoms with Gasteiger partial charge in [0.15, 0.2) is 5.78 Å². The Morgan fingerprint density at radius 1 is 1.10 bits per heavy atom. The lowest BCUT2D eigenvalue weighted by atomic mass is 9.91. The summed E-state index contributed by atoms with van der Waals surface area (Å²) >= 11 is 0. The zero-order valence-electron chi connectivity index (χ0n) is 11.3. The highest BCUT2D eigenvalue weighted by molar-refractivity contribution is 7.95. The molecule has 0 N–H and O–H groups in total. The van der Waals surface area contributed by atoms with Gasteiger partial charge in [-0.15, -0.1) is 0 Å². The van der Waals surface area contributed by atoms with Crippen LogP contribution in [0.3, 0.4) is 0 Å². The number of carbonyl (C=O) groups excluding carboxylic acids is 1. The first-order valence-corrected chi connectivity index (χ1v) is 8.28. The maximum absolute atomic E-state index is 12.8. The predicted molar refractivity (Wildman–Crippen MR) is 76.8 cm³/mol.